The van der Waals surface area contributed by atoms with Gasteiger partial charge in [0.1, 0.15) is 5.01 Å². The molecule has 3 nitrogen and oxygen atoms in total. The van der Waals surface area contributed by atoms with E-state index in [2.05, 4.69) is 27.6 Å². The third-order valence-corrected chi connectivity index (χ3v) is 5.32. The predicted octanol–water partition coefficient (Wildman–Crippen LogP) is 3.88. The maximum Gasteiger partial charge on any atom is 0.142 e. The monoisotopic (exact) mass is 287 g/mol. The van der Waals surface area contributed by atoms with Gasteiger partial charge in [0.25, 0.3) is 0 Å². The molecule has 1 saturated carbocycles. The number of hydrogen-bond acceptors (Lipinski definition) is 4. The summed E-state index contributed by atoms with van der Waals surface area (Å²) in [6.45, 7) is 4.30. The first-order chi connectivity index (χ1) is 9.81. The first-order valence-electron chi connectivity index (χ1n) is 7.38. The zero-order valence-electron chi connectivity index (χ0n) is 11.9. The summed E-state index contributed by atoms with van der Waals surface area (Å²) in [5, 5.41) is 6.73. The topological polar surface area (TPSA) is 37.8 Å². The van der Waals surface area contributed by atoms with Crippen molar-refractivity contribution in [2.75, 3.05) is 6.54 Å². The molecular formula is C16H21N3S. The van der Waals surface area contributed by atoms with Gasteiger partial charge in [0.15, 0.2) is 0 Å². The lowest BCUT2D eigenvalue weighted by atomic mass is 9.67. The molecule has 1 aliphatic rings. The van der Waals surface area contributed by atoms with Gasteiger partial charge in [-0.05, 0) is 36.8 Å². The molecule has 0 aliphatic heterocycles. The van der Waals surface area contributed by atoms with Crippen LogP contribution in [0.3, 0.4) is 0 Å². The molecule has 0 radical (unpaired) electrons. The standard InChI is InChI=1S/C16H21N3S/c1-2-16(7-5-8-16)12-17-10-13-11-20-15(19-13)14-6-3-4-9-18-14/h3-4,6,9,11,17H,2,5,7-8,10,12H2,1H3. The minimum Gasteiger partial charge on any atom is -0.311 e. The highest BCUT2D eigenvalue weighted by molar-refractivity contribution is 7.13. The Labute approximate surface area is 124 Å². The van der Waals surface area contributed by atoms with Crippen molar-refractivity contribution < 1.29 is 0 Å². The molecule has 0 aromatic carbocycles. The van der Waals surface area contributed by atoms with Gasteiger partial charge in [-0.1, -0.05) is 19.4 Å². The summed E-state index contributed by atoms with van der Waals surface area (Å²) in [5.41, 5.74) is 2.66. The van der Waals surface area contributed by atoms with Crippen LogP contribution in [0.25, 0.3) is 10.7 Å². The molecule has 0 bridgehead atoms. The van der Waals surface area contributed by atoms with Gasteiger partial charge < -0.3 is 5.32 Å². The van der Waals surface area contributed by atoms with Crippen LogP contribution in [-0.4, -0.2) is 16.5 Å². The molecule has 1 N–H and O–H groups in total. The molecule has 0 saturated heterocycles. The van der Waals surface area contributed by atoms with Crippen molar-refractivity contribution in [3.8, 4) is 10.7 Å². The van der Waals surface area contributed by atoms with E-state index >= 15 is 0 Å². The van der Waals surface area contributed by atoms with E-state index in [9.17, 15) is 0 Å². The van der Waals surface area contributed by atoms with Gasteiger partial charge >= 0.3 is 0 Å². The second-order valence-corrected chi connectivity index (χ2v) is 6.53. The number of aromatic nitrogens is 2. The molecule has 3 rings (SSSR count). The van der Waals surface area contributed by atoms with Crippen LogP contribution >= 0.6 is 11.3 Å². The Kier molecular flexibility index (Phi) is 4.13. The van der Waals surface area contributed by atoms with E-state index in [0.717, 1.165) is 29.5 Å². The zero-order chi connectivity index (χ0) is 13.8. The molecule has 2 heterocycles. The van der Waals surface area contributed by atoms with Gasteiger partial charge in [-0.2, -0.15) is 0 Å². The van der Waals surface area contributed by atoms with E-state index in [4.69, 9.17) is 0 Å². The van der Waals surface area contributed by atoms with Crippen LogP contribution in [0.15, 0.2) is 29.8 Å². The molecule has 1 fully saturated rings. The lowest BCUT2D eigenvalue weighted by Crippen LogP contribution is -2.39. The fourth-order valence-corrected chi connectivity index (χ4v) is 3.58. The highest BCUT2D eigenvalue weighted by atomic mass is 32.1. The van der Waals surface area contributed by atoms with Gasteiger partial charge in [0, 0.05) is 24.7 Å². The van der Waals surface area contributed by atoms with Crippen LogP contribution < -0.4 is 5.32 Å². The fourth-order valence-electron chi connectivity index (χ4n) is 2.78. The van der Waals surface area contributed by atoms with Crippen molar-refractivity contribution in [3.63, 3.8) is 0 Å². The third kappa shape index (κ3) is 2.91. The Bertz CT molecular complexity index is 540. The van der Waals surface area contributed by atoms with Crippen LogP contribution in [0, 0.1) is 5.41 Å². The summed E-state index contributed by atoms with van der Waals surface area (Å²) in [5.74, 6) is 0. The number of rotatable bonds is 6. The second kappa shape index (κ2) is 6.02. The van der Waals surface area contributed by atoms with Gasteiger partial charge in [0.05, 0.1) is 11.4 Å². The minimum atomic E-state index is 0.569. The van der Waals surface area contributed by atoms with Crippen LogP contribution in [0.1, 0.15) is 38.3 Å². The fraction of sp³-hybridized carbons (Fsp3) is 0.500. The van der Waals surface area contributed by atoms with E-state index in [-0.39, 0.29) is 0 Å². The number of nitrogens with one attached hydrogen (secondary N) is 1. The summed E-state index contributed by atoms with van der Waals surface area (Å²) < 4.78 is 0. The molecule has 0 unspecified atom stereocenters. The molecule has 2 aromatic rings. The van der Waals surface area contributed by atoms with Crippen LogP contribution in [0.5, 0.6) is 0 Å². The normalized spacial score (nSPS) is 16.9. The van der Waals surface area contributed by atoms with Crippen LogP contribution in [0.4, 0.5) is 0 Å². The summed E-state index contributed by atoms with van der Waals surface area (Å²) in [6.07, 6.45) is 7.27. The van der Waals surface area contributed by atoms with Crippen LogP contribution in [0.2, 0.25) is 0 Å². The highest BCUT2D eigenvalue weighted by Gasteiger charge is 2.34. The first kappa shape index (κ1) is 13.7. The van der Waals surface area contributed by atoms with Gasteiger partial charge in [0.2, 0.25) is 0 Å². The Hall–Kier alpha value is -1.26. The van der Waals surface area contributed by atoms with Gasteiger partial charge in [-0.3, -0.25) is 4.98 Å². The Balaban J connectivity index is 1.55. The Morgan fingerprint density at radius 3 is 2.90 bits per heavy atom. The van der Waals surface area contributed by atoms with Gasteiger partial charge in [-0.15, -0.1) is 11.3 Å². The Morgan fingerprint density at radius 1 is 1.35 bits per heavy atom. The molecule has 1 aliphatic carbocycles. The lowest BCUT2D eigenvalue weighted by Gasteiger charge is -2.41. The SMILES string of the molecule is CCC1(CNCc2csc(-c3ccccn3)n2)CCC1. The largest absolute Gasteiger partial charge is 0.311 e. The number of hydrogen-bond donors (Lipinski definition) is 1. The van der Waals surface area contributed by atoms with E-state index in [1.54, 1.807) is 11.3 Å². The number of thiazole rings is 1. The third-order valence-electron chi connectivity index (χ3n) is 4.41. The van der Waals surface area contributed by atoms with E-state index < -0.39 is 0 Å². The van der Waals surface area contributed by atoms with Crippen molar-refractivity contribution in [3.05, 3.63) is 35.5 Å². The summed E-state index contributed by atoms with van der Waals surface area (Å²) >= 11 is 1.67. The molecule has 0 spiro atoms. The average Bonchev–Trinajstić information content (AvgIpc) is 2.92. The van der Waals surface area contributed by atoms with Crippen molar-refractivity contribution in [2.45, 2.75) is 39.2 Å². The van der Waals surface area contributed by atoms with Crippen molar-refractivity contribution in [1.29, 1.82) is 0 Å². The molecule has 106 valence electrons. The average molecular weight is 287 g/mol. The molecule has 2 aromatic heterocycles. The smallest absolute Gasteiger partial charge is 0.142 e. The number of pyridine rings is 1. The highest BCUT2D eigenvalue weighted by Crippen LogP contribution is 2.43. The molecule has 20 heavy (non-hydrogen) atoms. The summed E-state index contributed by atoms with van der Waals surface area (Å²) in [6, 6.07) is 5.95. The van der Waals surface area contributed by atoms with Crippen molar-refractivity contribution >= 4 is 11.3 Å². The second-order valence-electron chi connectivity index (χ2n) is 5.67. The van der Waals surface area contributed by atoms with Crippen LogP contribution in [-0.2, 0) is 6.54 Å². The number of nitrogens with zero attached hydrogens (tertiary/aromatic N) is 2. The summed E-state index contributed by atoms with van der Waals surface area (Å²) in [7, 11) is 0. The molecular weight excluding hydrogens is 266 g/mol. The molecule has 0 atom stereocenters. The maximum atomic E-state index is 4.66. The maximum absolute atomic E-state index is 4.66. The van der Waals surface area contributed by atoms with E-state index in [1.807, 2.05) is 24.4 Å². The van der Waals surface area contributed by atoms with Crippen molar-refractivity contribution in [2.24, 2.45) is 5.41 Å². The van der Waals surface area contributed by atoms with Crippen molar-refractivity contribution in [1.82, 2.24) is 15.3 Å². The van der Waals surface area contributed by atoms with E-state index in [0.29, 0.717) is 5.41 Å². The molecule has 0 amide bonds. The summed E-state index contributed by atoms with van der Waals surface area (Å²) in [4.78, 5) is 9.01. The zero-order valence-corrected chi connectivity index (χ0v) is 12.7. The molecule has 4 heteroatoms. The first-order valence-corrected chi connectivity index (χ1v) is 8.26. The lowest BCUT2D eigenvalue weighted by molar-refractivity contribution is 0.123. The van der Waals surface area contributed by atoms with Gasteiger partial charge in [-0.25, -0.2) is 4.98 Å². The predicted molar refractivity (Wildman–Crippen MR) is 83.6 cm³/mol. The Morgan fingerprint density at radius 2 is 2.25 bits per heavy atom. The van der Waals surface area contributed by atoms with E-state index in [1.165, 1.54) is 25.7 Å². The quantitative estimate of drug-likeness (QED) is 0.876. The minimum absolute atomic E-state index is 0.569.